The van der Waals surface area contributed by atoms with Crippen molar-refractivity contribution in [2.24, 2.45) is 0 Å². The van der Waals surface area contributed by atoms with E-state index in [1.54, 1.807) is 0 Å². The van der Waals surface area contributed by atoms with Crippen LogP contribution in [0.2, 0.25) is 4.37 Å². The Morgan fingerprint density at radius 3 is 1.50 bits per heavy atom. The van der Waals surface area contributed by atoms with Gasteiger partial charge in [-0.3, -0.25) is 0 Å². The quantitative estimate of drug-likeness (QED) is 0.345. The molecule has 2 radical (unpaired) electrons. The van der Waals surface area contributed by atoms with E-state index >= 15 is 0 Å². The average Bonchev–Trinajstić information content (AvgIpc) is 1.35. The van der Waals surface area contributed by atoms with E-state index in [0.29, 0.717) is 0 Å². The van der Waals surface area contributed by atoms with Crippen LogP contribution in [0.15, 0.2) is 0 Å². The third-order valence-electron chi connectivity index (χ3n) is 0.212. The zero-order valence-corrected chi connectivity index (χ0v) is 5.55. The molecule has 3 nitrogen and oxygen atoms in total. The van der Waals surface area contributed by atoms with E-state index in [9.17, 15) is 0 Å². The van der Waals surface area contributed by atoms with Crippen molar-refractivity contribution < 1.29 is 15.3 Å². The SMILES string of the molecule is OC(O)(O)[CH2][Sb]. The first-order chi connectivity index (χ1) is 2.56. The van der Waals surface area contributed by atoms with Crippen LogP contribution >= 0.6 is 0 Å². The number of hydrogen-bond donors (Lipinski definition) is 3. The second-order valence-electron chi connectivity index (χ2n) is 0.932. The van der Waals surface area contributed by atoms with Gasteiger partial charge >= 0.3 is 48.7 Å². The molecule has 0 saturated heterocycles. The van der Waals surface area contributed by atoms with Gasteiger partial charge in [0.05, 0.1) is 0 Å². The van der Waals surface area contributed by atoms with Crippen molar-refractivity contribution in [2.75, 3.05) is 0 Å². The molecule has 0 aliphatic carbocycles. The molecule has 0 saturated carbocycles. The van der Waals surface area contributed by atoms with Crippen LogP contribution in [0.25, 0.3) is 0 Å². The summed E-state index contributed by atoms with van der Waals surface area (Å²) in [6, 6.07) is 0. The first kappa shape index (κ1) is 6.70. The van der Waals surface area contributed by atoms with Crippen molar-refractivity contribution in [3.05, 3.63) is 0 Å². The summed E-state index contributed by atoms with van der Waals surface area (Å²) in [5.74, 6) is -2.44. The van der Waals surface area contributed by atoms with Crippen LogP contribution in [-0.2, 0) is 0 Å². The predicted molar refractivity (Wildman–Crippen MR) is 19.9 cm³/mol. The van der Waals surface area contributed by atoms with Gasteiger partial charge in [-0.05, 0) is 0 Å². The van der Waals surface area contributed by atoms with Gasteiger partial charge in [0, 0.05) is 0 Å². The zero-order chi connectivity index (χ0) is 5.21. The van der Waals surface area contributed by atoms with E-state index in [-0.39, 0.29) is 4.37 Å². The fourth-order valence-electron chi connectivity index (χ4n) is 0. The summed E-state index contributed by atoms with van der Waals surface area (Å²) in [5, 5.41) is 23.8. The molecule has 0 aromatic carbocycles. The van der Waals surface area contributed by atoms with Crippen LogP contribution < -0.4 is 0 Å². The van der Waals surface area contributed by atoms with E-state index < -0.39 is 5.97 Å². The number of aliphatic hydroxyl groups is 3. The zero-order valence-electron chi connectivity index (χ0n) is 3.00. The third-order valence-corrected chi connectivity index (χ3v) is 1.42. The van der Waals surface area contributed by atoms with E-state index in [1.807, 2.05) is 0 Å². The van der Waals surface area contributed by atoms with Crippen LogP contribution in [-0.4, -0.2) is 44.3 Å². The molecule has 6 heavy (non-hydrogen) atoms. The van der Waals surface area contributed by atoms with Crippen molar-refractivity contribution in [3.8, 4) is 0 Å². The standard InChI is InChI=1S/C2H5O3.Sb/c1-2(3,4)5;/h3-5H,1H2;. The summed E-state index contributed by atoms with van der Waals surface area (Å²) >= 11 is 1.15. The average molecular weight is 199 g/mol. The minimum atomic E-state index is -2.44. The van der Waals surface area contributed by atoms with E-state index in [4.69, 9.17) is 15.3 Å². The van der Waals surface area contributed by atoms with E-state index in [0.717, 1.165) is 23.0 Å². The van der Waals surface area contributed by atoms with Crippen LogP contribution in [0, 0.1) is 0 Å². The molecule has 0 bridgehead atoms. The maximum absolute atomic E-state index is 7.95. The first-order valence-corrected chi connectivity index (χ1v) is 3.15. The Labute approximate surface area is 49.1 Å². The Kier molecular flexibility index (Phi) is 2.37. The molecular weight excluding hydrogens is 194 g/mol. The fraction of sp³-hybridized carbons (Fsp3) is 1.00. The molecule has 0 aromatic heterocycles. The Bertz CT molecular complexity index is 38.5. The molecule has 0 aliphatic rings. The Balaban J connectivity index is 3.17. The number of hydrogen-bond acceptors (Lipinski definition) is 3. The van der Waals surface area contributed by atoms with Crippen molar-refractivity contribution in [3.63, 3.8) is 0 Å². The molecule has 0 aromatic rings. The monoisotopic (exact) mass is 198 g/mol. The molecule has 4 heteroatoms. The second kappa shape index (κ2) is 2.12. The van der Waals surface area contributed by atoms with Crippen molar-refractivity contribution in [1.29, 1.82) is 0 Å². The Morgan fingerprint density at radius 1 is 1.33 bits per heavy atom. The Morgan fingerprint density at radius 2 is 1.50 bits per heavy atom. The van der Waals surface area contributed by atoms with Gasteiger partial charge in [-0.25, -0.2) is 0 Å². The molecule has 0 aliphatic heterocycles. The van der Waals surface area contributed by atoms with Crippen LogP contribution in [0.3, 0.4) is 0 Å². The maximum atomic E-state index is 7.95. The molecule has 0 unspecified atom stereocenters. The Hall–Kier alpha value is 0.698. The van der Waals surface area contributed by atoms with Gasteiger partial charge in [0.15, 0.2) is 0 Å². The van der Waals surface area contributed by atoms with Gasteiger partial charge in [0.1, 0.15) is 0 Å². The summed E-state index contributed by atoms with van der Waals surface area (Å²) in [6.07, 6.45) is 0. The van der Waals surface area contributed by atoms with Crippen molar-refractivity contribution >= 4 is 23.0 Å². The summed E-state index contributed by atoms with van der Waals surface area (Å²) in [6.45, 7) is 0. The normalized spacial score (nSPS) is 12.0. The third kappa shape index (κ3) is 4.70. The van der Waals surface area contributed by atoms with Crippen LogP contribution in [0.4, 0.5) is 0 Å². The molecule has 0 rings (SSSR count). The number of rotatable bonds is 1. The molecule has 0 spiro atoms. The minimum absolute atomic E-state index is 0.0125. The summed E-state index contributed by atoms with van der Waals surface area (Å²) < 4.78 is -0.0125. The van der Waals surface area contributed by atoms with Gasteiger partial charge in [-0.2, -0.15) is 0 Å². The van der Waals surface area contributed by atoms with E-state index in [2.05, 4.69) is 0 Å². The van der Waals surface area contributed by atoms with Crippen molar-refractivity contribution in [1.82, 2.24) is 0 Å². The molecule has 0 atom stereocenters. The molecule has 0 heterocycles. The van der Waals surface area contributed by atoms with Gasteiger partial charge in [-0.1, -0.05) is 0 Å². The predicted octanol–water partition coefficient (Wildman–Crippen LogP) is -1.80. The topological polar surface area (TPSA) is 60.7 Å². The molecule has 0 fully saturated rings. The molecular formula is C2H5O3Sb. The van der Waals surface area contributed by atoms with Gasteiger partial charge in [0.2, 0.25) is 0 Å². The molecule has 3 N–H and O–H groups in total. The van der Waals surface area contributed by atoms with Gasteiger partial charge < -0.3 is 0 Å². The second-order valence-corrected chi connectivity index (χ2v) is 1.84. The molecule has 36 valence electrons. The van der Waals surface area contributed by atoms with Crippen LogP contribution in [0.1, 0.15) is 0 Å². The van der Waals surface area contributed by atoms with Gasteiger partial charge in [-0.15, -0.1) is 0 Å². The summed E-state index contributed by atoms with van der Waals surface area (Å²) in [5.41, 5.74) is 0. The van der Waals surface area contributed by atoms with Crippen molar-refractivity contribution in [2.45, 2.75) is 10.3 Å². The summed E-state index contributed by atoms with van der Waals surface area (Å²) in [4.78, 5) is 0. The first-order valence-electron chi connectivity index (χ1n) is 1.34. The fourth-order valence-corrected chi connectivity index (χ4v) is 0. The van der Waals surface area contributed by atoms with E-state index in [1.165, 1.54) is 0 Å². The van der Waals surface area contributed by atoms with Gasteiger partial charge in [0.25, 0.3) is 0 Å². The van der Waals surface area contributed by atoms with Crippen LogP contribution in [0.5, 0.6) is 0 Å². The summed E-state index contributed by atoms with van der Waals surface area (Å²) in [7, 11) is 0. The molecule has 0 amide bonds.